The van der Waals surface area contributed by atoms with E-state index in [1.807, 2.05) is 13.8 Å². The summed E-state index contributed by atoms with van der Waals surface area (Å²) in [6.07, 6.45) is 3.41. The van der Waals surface area contributed by atoms with Crippen molar-refractivity contribution in [1.82, 2.24) is 14.8 Å². The summed E-state index contributed by atoms with van der Waals surface area (Å²) in [6.45, 7) is 9.55. The van der Waals surface area contributed by atoms with Crippen molar-refractivity contribution in [3.05, 3.63) is 59.9 Å². The standard InChI is InChI=1S/C26H31F2N3O4/c1-16(2)34-22-7-5-6-20(29-22)24(32)30-12-10-26(11-13-30)25(33)31-21(8-9-23(31)35-26)17(3)14-19(28)15-18(4)27/h5-7,14-16,21,23H,3,8-13H2,1-2,4H3/b18-15+,19-14+/t21-,23+/m0/s1. The number of pyridine rings is 1. The summed E-state index contributed by atoms with van der Waals surface area (Å²) in [5.74, 6) is -1.38. The monoisotopic (exact) mass is 487 g/mol. The Balaban J connectivity index is 1.42. The van der Waals surface area contributed by atoms with Gasteiger partial charge < -0.3 is 19.3 Å². The minimum absolute atomic E-state index is 0.0566. The zero-order valence-electron chi connectivity index (χ0n) is 20.3. The van der Waals surface area contributed by atoms with Gasteiger partial charge in [-0.15, -0.1) is 0 Å². The number of nitrogens with zero attached hydrogens (tertiary/aromatic N) is 3. The summed E-state index contributed by atoms with van der Waals surface area (Å²) in [4.78, 5) is 34.1. The Labute approximate surface area is 204 Å². The second-order valence-corrected chi connectivity index (χ2v) is 9.53. The van der Waals surface area contributed by atoms with E-state index >= 15 is 0 Å². The van der Waals surface area contributed by atoms with Crippen LogP contribution in [0.2, 0.25) is 0 Å². The SMILES string of the molecule is C=C(/C=C(F)\C=C(/C)F)[C@@H]1CC[C@H]2OC3(CCN(C(=O)c4cccc(OC(C)C)n4)CC3)C(=O)N21. The highest BCUT2D eigenvalue weighted by atomic mass is 19.1. The summed E-state index contributed by atoms with van der Waals surface area (Å²) in [6, 6.07) is 4.69. The van der Waals surface area contributed by atoms with Gasteiger partial charge in [-0.05, 0) is 51.3 Å². The van der Waals surface area contributed by atoms with Gasteiger partial charge in [-0.3, -0.25) is 9.59 Å². The van der Waals surface area contributed by atoms with Crippen LogP contribution in [0, 0.1) is 0 Å². The molecular formula is C26H31F2N3O4. The van der Waals surface area contributed by atoms with E-state index in [4.69, 9.17) is 9.47 Å². The third kappa shape index (κ3) is 5.15. The molecule has 4 heterocycles. The number of hydrogen-bond donors (Lipinski definition) is 0. The number of rotatable bonds is 6. The number of ether oxygens (including phenoxy) is 2. The zero-order chi connectivity index (χ0) is 25.3. The van der Waals surface area contributed by atoms with Crippen LogP contribution in [0.15, 0.2) is 54.2 Å². The highest BCUT2D eigenvalue weighted by Gasteiger charge is 2.58. The summed E-state index contributed by atoms with van der Waals surface area (Å²) in [5.41, 5.74) is -0.312. The minimum Gasteiger partial charge on any atom is -0.475 e. The van der Waals surface area contributed by atoms with Crippen LogP contribution >= 0.6 is 0 Å². The Kier molecular flexibility index (Phi) is 7.07. The van der Waals surface area contributed by atoms with Crippen molar-refractivity contribution in [2.45, 2.75) is 70.4 Å². The molecule has 2 amide bonds. The molecule has 35 heavy (non-hydrogen) atoms. The first-order chi connectivity index (χ1) is 16.6. The molecule has 1 aromatic heterocycles. The molecule has 9 heteroatoms. The highest BCUT2D eigenvalue weighted by molar-refractivity contribution is 5.93. The Hall–Kier alpha value is -3.07. The lowest BCUT2D eigenvalue weighted by Gasteiger charge is -2.37. The molecular weight excluding hydrogens is 456 g/mol. The lowest BCUT2D eigenvalue weighted by atomic mass is 9.89. The van der Waals surface area contributed by atoms with Crippen LogP contribution in [0.1, 0.15) is 56.9 Å². The molecule has 188 valence electrons. The number of halogens is 2. The smallest absolute Gasteiger partial charge is 0.272 e. The fourth-order valence-corrected chi connectivity index (χ4v) is 4.99. The number of allylic oxidation sites excluding steroid dienone is 3. The van der Waals surface area contributed by atoms with E-state index < -0.39 is 29.5 Å². The van der Waals surface area contributed by atoms with Gasteiger partial charge in [0.05, 0.1) is 18.0 Å². The van der Waals surface area contributed by atoms with E-state index in [0.29, 0.717) is 55.9 Å². The van der Waals surface area contributed by atoms with Gasteiger partial charge in [0.1, 0.15) is 17.7 Å². The predicted octanol–water partition coefficient (Wildman–Crippen LogP) is 4.47. The molecule has 2 atom stereocenters. The van der Waals surface area contributed by atoms with E-state index in [1.165, 1.54) is 6.08 Å². The van der Waals surface area contributed by atoms with Crippen LogP contribution < -0.4 is 4.74 Å². The third-order valence-corrected chi connectivity index (χ3v) is 6.56. The maximum absolute atomic E-state index is 14.0. The third-order valence-electron chi connectivity index (χ3n) is 6.56. The highest BCUT2D eigenvalue weighted by Crippen LogP contribution is 2.44. The number of piperidine rings is 1. The van der Waals surface area contributed by atoms with Crippen molar-refractivity contribution in [3.63, 3.8) is 0 Å². The van der Waals surface area contributed by atoms with Crippen LogP contribution in [0.5, 0.6) is 5.88 Å². The van der Waals surface area contributed by atoms with E-state index in [0.717, 1.165) is 13.0 Å². The predicted molar refractivity (Wildman–Crippen MR) is 126 cm³/mol. The van der Waals surface area contributed by atoms with Gasteiger partial charge in [-0.25, -0.2) is 13.8 Å². The molecule has 0 N–H and O–H groups in total. The summed E-state index contributed by atoms with van der Waals surface area (Å²) in [5, 5.41) is 0. The maximum atomic E-state index is 14.0. The normalized spacial score (nSPS) is 24.3. The molecule has 0 bridgehead atoms. The molecule has 3 fully saturated rings. The number of carbonyl (C=O) groups is 2. The topological polar surface area (TPSA) is 72.0 Å². The van der Waals surface area contributed by atoms with Gasteiger partial charge >= 0.3 is 0 Å². The van der Waals surface area contributed by atoms with Crippen LogP contribution in [0.3, 0.4) is 0 Å². The Morgan fingerprint density at radius 2 is 1.97 bits per heavy atom. The molecule has 1 aromatic rings. The van der Waals surface area contributed by atoms with Crippen LogP contribution in [-0.2, 0) is 9.53 Å². The molecule has 7 nitrogen and oxygen atoms in total. The summed E-state index contributed by atoms with van der Waals surface area (Å²) >= 11 is 0. The molecule has 0 unspecified atom stereocenters. The second-order valence-electron chi connectivity index (χ2n) is 9.53. The number of likely N-dealkylation sites (tertiary alicyclic amines) is 1. The summed E-state index contributed by atoms with van der Waals surface area (Å²) in [7, 11) is 0. The molecule has 3 aliphatic rings. The van der Waals surface area contributed by atoms with Gasteiger partial charge in [-0.2, -0.15) is 0 Å². The largest absolute Gasteiger partial charge is 0.475 e. The first kappa shape index (κ1) is 25.0. The van der Waals surface area contributed by atoms with Crippen LogP contribution in [0.4, 0.5) is 8.78 Å². The van der Waals surface area contributed by atoms with E-state index in [2.05, 4.69) is 11.6 Å². The van der Waals surface area contributed by atoms with Crippen molar-refractivity contribution in [2.75, 3.05) is 13.1 Å². The first-order valence-electron chi connectivity index (χ1n) is 11.9. The number of fused-ring (bicyclic) bond motifs is 1. The van der Waals surface area contributed by atoms with Crippen LogP contribution in [0.25, 0.3) is 0 Å². The molecule has 0 aromatic carbocycles. The van der Waals surface area contributed by atoms with Crippen molar-refractivity contribution in [2.24, 2.45) is 0 Å². The Bertz CT molecular complexity index is 1070. The van der Waals surface area contributed by atoms with Gasteiger partial charge in [0.15, 0.2) is 5.60 Å². The second kappa shape index (κ2) is 9.89. The maximum Gasteiger partial charge on any atom is 0.272 e. The molecule has 3 aliphatic heterocycles. The van der Waals surface area contributed by atoms with E-state index in [9.17, 15) is 18.4 Å². The molecule has 3 saturated heterocycles. The quantitative estimate of drug-likeness (QED) is 0.554. The van der Waals surface area contributed by atoms with Gasteiger partial charge in [0, 0.05) is 38.1 Å². The van der Waals surface area contributed by atoms with Crippen molar-refractivity contribution >= 4 is 11.8 Å². The zero-order valence-corrected chi connectivity index (χ0v) is 20.3. The fourth-order valence-electron chi connectivity index (χ4n) is 4.99. The van der Waals surface area contributed by atoms with Crippen molar-refractivity contribution < 1.29 is 27.8 Å². The Morgan fingerprint density at radius 1 is 1.26 bits per heavy atom. The number of hydrogen-bond acceptors (Lipinski definition) is 5. The van der Waals surface area contributed by atoms with Crippen molar-refractivity contribution in [3.8, 4) is 5.88 Å². The first-order valence-corrected chi connectivity index (χ1v) is 11.9. The molecule has 0 radical (unpaired) electrons. The van der Waals surface area contributed by atoms with Gasteiger partial charge in [0.2, 0.25) is 5.88 Å². The molecule has 0 saturated carbocycles. The van der Waals surface area contributed by atoms with Gasteiger partial charge in [0.25, 0.3) is 11.8 Å². The Morgan fingerprint density at radius 3 is 2.63 bits per heavy atom. The molecule has 1 spiro atoms. The lowest BCUT2D eigenvalue weighted by Crippen LogP contribution is -2.52. The average molecular weight is 488 g/mol. The van der Waals surface area contributed by atoms with Crippen molar-refractivity contribution in [1.29, 1.82) is 0 Å². The number of aromatic nitrogens is 1. The summed E-state index contributed by atoms with van der Waals surface area (Å²) < 4.78 is 38.8. The molecule has 4 rings (SSSR count). The van der Waals surface area contributed by atoms with Crippen LogP contribution in [-0.4, -0.2) is 63.7 Å². The van der Waals surface area contributed by atoms with Gasteiger partial charge in [-0.1, -0.05) is 12.6 Å². The lowest BCUT2D eigenvalue weighted by molar-refractivity contribution is -0.142. The fraction of sp³-hybridized carbons (Fsp3) is 0.500. The van der Waals surface area contributed by atoms with E-state index in [1.54, 1.807) is 28.0 Å². The van der Waals surface area contributed by atoms with E-state index in [-0.39, 0.29) is 17.9 Å². The molecule has 0 aliphatic carbocycles. The number of carbonyl (C=O) groups excluding carboxylic acids is 2. The minimum atomic E-state index is -1.01. The number of amides is 2. The average Bonchev–Trinajstić information content (AvgIpc) is 3.31.